The highest BCUT2D eigenvalue weighted by Crippen LogP contribution is 2.09. The first kappa shape index (κ1) is 12.3. The standard InChI is InChI=1S/C10H9NO.C2H6/c1-3-8-5-6-9(7-12)11-10(8)4-2;1-2/h3-7H,1-2H2;1-2H3. The third kappa shape index (κ3) is 2.98. The number of hydrogen-bond donors (Lipinski definition) is 0. The third-order valence-electron chi connectivity index (χ3n) is 1.51. The van der Waals surface area contributed by atoms with Crippen LogP contribution in [0.5, 0.6) is 0 Å². The highest BCUT2D eigenvalue weighted by Gasteiger charge is 1.97. The Balaban J connectivity index is 0.000000791. The summed E-state index contributed by atoms with van der Waals surface area (Å²) in [5.41, 5.74) is 1.99. The van der Waals surface area contributed by atoms with Crippen LogP contribution in [0.15, 0.2) is 25.3 Å². The van der Waals surface area contributed by atoms with Crippen LogP contribution in [0.4, 0.5) is 0 Å². The van der Waals surface area contributed by atoms with Gasteiger partial charge in [-0.25, -0.2) is 4.98 Å². The van der Waals surface area contributed by atoms with Crippen molar-refractivity contribution >= 4 is 18.4 Å². The molecule has 2 nitrogen and oxygen atoms in total. The van der Waals surface area contributed by atoms with E-state index in [4.69, 9.17) is 0 Å². The van der Waals surface area contributed by atoms with Crippen molar-refractivity contribution in [2.45, 2.75) is 13.8 Å². The predicted octanol–water partition coefficient (Wildman–Crippen LogP) is 3.21. The lowest BCUT2D eigenvalue weighted by atomic mass is 10.2. The molecule has 0 fully saturated rings. The van der Waals surface area contributed by atoms with Crippen LogP contribution >= 0.6 is 0 Å². The van der Waals surface area contributed by atoms with Crippen LogP contribution in [0.1, 0.15) is 35.6 Å². The fraction of sp³-hybridized carbons (Fsp3) is 0.167. The smallest absolute Gasteiger partial charge is 0.168 e. The average molecular weight is 189 g/mol. The van der Waals surface area contributed by atoms with Gasteiger partial charge in [0, 0.05) is 0 Å². The van der Waals surface area contributed by atoms with Gasteiger partial charge in [0.25, 0.3) is 0 Å². The molecular formula is C12H15NO. The lowest BCUT2D eigenvalue weighted by molar-refractivity contribution is 0.111. The van der Waals surface area contributed by atoms with Gasteiger partial charge in [0.2, 0.25) is 0 Å². The SMILES string of the molecule is C=Cc1ccc(C=O)nc1C=C.CC. The highest BCUT2D eigenvalue weighted by atomic mass is 16.1. The van der Waals surface area contributed by atoms with Crippen LogP contribution in [0.3, 0.4) is 0 Å². The van der Waals surface area contributed by atoms with Crippen molar-refractivity contribution in [1.29, 1.82) is 0 Å². The fourth-order valence-electron chi connectivity index (χ4n) is 0.903. The maximum Gasteiger partial charge on any atom is 0.168 e. The Morgan fingerprint density at radius 3 is 2.29 bits per heavy atom. The number of rotatable bonds is 3. The zero-order valence-corrected chi connectivity index (χ0v) is 8.66. The van der Waals surface area contributed by atoms with E-state index in [0.29, 0.717) is 17.7 Å². The van der Waals surface area contributed by atoms with E-state index in [9.17, 15) is 4.79 Å². The molecule has 1 rings (SSSR count). The minimum Gasteiger partial charge on any atom is -0.296 e. The number of aromatic nitrogens is 1. The third-order valence-corrected chi connectivity index (χ3v) is 1.51. The number of nitrogens with zero attached hydrogens (tertiary/aromatic N) is 1. The number of hydrogen-bond acceptors (Lipinski definition) is 2. The molecule has 0 aromatic carbocycles. The highest BCUT2D eigenvalue weighted by molar-refractivity contribution is 5.74. The molecular weight excluding hydrogens is 174 g/mol. The van der Waals surface area contributed by atoms with Crippen LogP contribution in [-0.4, -0.2) is 11.3 Å². The molecule has 2 heteroatoms. The van der Waals surface area contributed by atoms with Crippen molar-refractivity contribution in [2.24, 2.45) is 0 Å². The van der Waals surface area contributed by atoms with Gasteiger partial charge in [0.05, 0.1) is 5.69 Å². The van der Waals surface area contributed by atoms with Crippen molar-refractivity contribution in [3.05, 3.63) is 42.2 Å². The molecule has 0 spiro atoms. The molecule has 1 aromatic heterocycles. The van der Waals surface area contributed by atoms with Crippen molar-refractivity contribution in [3.8, 4) is 0 Å². The second kappa shape index (κ2) is 6.78. The predicted molar refractivity (Wildman–Crippen MR) is 61.2 cm³/mol. The maximum absolute atomic E-state index is 10.4. The molecule has 0 unspecified atom stereocenters. The fourth-order valence-corrected chi connectivity index (χ4v) is 0.903. The van der Waals surface area contributed by atoms with Gasteiger partial charge in [0.15, 0.2) is 6.29 Å². The zero-order valence-electron chi connectivity index (χ0n) is 8.66. The lowest BCUT2D eigenvalue weighted by Gasteiger charge is -1.99. The molecule has 1 heterocycles. The zero-order chi connectivity index (χ0) is 11.0. The lowest BCUT2D eigenvalue weighted by Crippen LogP contribution is -1.91. The first-order valence-electron chi connectivity index (χ1n) is 4.53. The van der Waals surface area contributed by atoms with Crippen LogP contribution in [-0.2, 0) is 0 Å². The van der Waals surface area contributed by atoms with E-state index in [1.807, 2.05) is 13.8 Å². The summed E-state index contributed by atoms with van der Waals surface area (Å²) in [7, 11) is 0. The topological polar surface area (TPSA) is 30.0 Å². The summed E-state index contributed by atoms with van der Waals surface area (Å²) < 4.78 is 0. The summed E-state index contributed by atoms with van der Waals surface area (Å²) in [6, 6.07) is 3.44. The number of pyridine rings is 1. The van der Waals surface area contributed by atoms with Gasteiger partial charge in [-0.3, -0.25) is 4.79 Å². The minimum absolute atomic E-state index is 0.413. The first-order chi connectivity index (χ1) is 6.81. The van der Waals surface area contributed by atoms with Crippen LogP contribution in [0.25, 0.3) is 12.2 Å². The summed E-state index contributed by atoms with van der Waals surface area (Å²) in [5.74, 6) is 0. The van der Waals surface area contributed by atoms with E-state index in [0.717, 1.165) is 5.56 Å². The van der Waals surface area contributed by atoms with E-state index >= 15 is 0 Å². The summed E-state index contributed by atoms with van der Waals surface area (Å²) in [6.07, 6.45) is 3.99. The van der Waals surface area contributed by atoms with Gasteiger partial charge in [-0.05, 0) is 17.7 Å². The Morgan fingerprint density at radius 1 is 1.21 bits per heavy atom. The van der Waals surface area contributed by atoms with Crippen LogP contribution in [0, 0.1) is 0 Å². The average Bonchev–Trinajstić information content (AvgIpc) is 2.30. The number of carbonyl (C=O) groups excluding carboxylic acids is 1. The minimum atomic E-state index is 0.413. The van der Waals surface area contributed by atoms with Crippen molar-refractivity contribution in [1.82, 2.24) is 4.98 Å². The Labute approximate surface area is 85.0 Å². The molecule has 0 radical (unpaired) electrons. The molecule has 0 atom stereocenters. The molecule has 0 saturated heterocycles. The summed E-state index contributed by atoms with van der Waals surface area (Å²) in [4.78, 5) is 14.4. The van der Waals surface area contributed by atoms with E-state index in [2.05, 4.69) is 18.1 Å². The van der Waals surface area contributed by atoms with E-state index in [1.165, 1.54) is 0 Å². The van der Waals surface area contributed by atoms with Gasteiger partial charge in [0.1, 0.15) is 5.69 Å². The number of carbonyl (C=O) groups is 1. The second-order valence-corrected chi connectivity index (χ2v) is 2.24. The Morgan fingerprint density at radius 2 is 1.86 bits per heavy atom. The Hall–Kier alpha value is -1.70. The summed E-state index contributed by atoms with van der Waals surface area (Å²) in [6.45, 7) is 11.2. The molecule has 74 valence electrons. The quantitative estimate of drug-likeness (QED) is 0.683. The van der Waals surface area contributed by atoms with Gasteiger partial charge in [-0.15, -0.1) is 0 Å². The van der Waals surface area contributed by atoms with Crippen LogP contribution < -0.4 is 0 Å². The van der Waals surface area contributed by atoms with Crippen molar-refractivity contribution in [2.75, 3.05) is 0 Å². The normalized spacial score (nSPS) is 8.14. The first-order valence-corrected chi connectivity index (χ1v) is 4.53. The molecule has 1 aromatic rings. The maximum atomic E-state index is 10.4. The Kier molecular flexibility index (Phi) is 5.95. The number of aldehydes is 1. The molecule has 0 aliphatic carbocycles. The van der Waals surface area contributed by atoms with Crippen LogP contribution in [0.2, 0.25) is 0 Å². The van der Waals surface area contributed by atoms with E-state index in [-0.39, 0.29) is 0 Å². The van der Waals surface area contributed by atoms with Crippen molar-refractivity contribution in [3.63, 3.8) is 0 Å². The monoisotopic (exact) mass is 189 g/mol. The molecule has 0 aliphatic heterocycles. The van der Waals surface area contributed by atoms with Gasteiger partial charge >= 0.3 is 0 Å². The second-order valence-electron chi connectivity index (χ2n) is 2.24. The summed E-state index contributed by atoms with van der Waals surface area (Å²) >= 11 is 0. The molecule has 0 saturated carbocycles. The molecule has 0 aliphatic rings. The van der Waals surface area contributed by atoms with Crippen molar-refractivity contribution < 1.29 is 4.79 Å². The summed E-state index contributed by atoms with van der Waals surface area (Å²) in [5, 5.41) is 0. The van der Waals surface area contributed by atoms with E-state index < -0.39 is 0 Å². The molecule has 0 bridgehead atoms. The van der Waals surface area contributed by atoms with Gasteiger partial charge in [-0.1, -0.05) is 39.1 Å². The molecule has 0 amide bonds. The molecule has 14 heavy (non-hydrogen) atoms. The van der Waals surface area contributed by atoms with Gasteiger partial charge < -0.3 is 0 Å². The largest absolute Gasteiger partial charge is 0.296 e. The van der Waals surface area contributed by atoms with Gasteiger partial charge in [-0.2, -0.15) is 0 Å². The van der Waals surface area contributed by atoms with E-state index in [1.54, 1.807) is 24.3 Å². The molecule has 0 N–H and O–H groups in total. The Bertz CT molecular complexity index is 329.